The predicted octanol–water partition coefficient (Wildman–Crippen LogP) is 4.57. The van der Waals surface area contributed by atoms with Crippen molar-refractivity contribution in [1.82, 2.24) is 4.98 Å². The van der Waals surface area contributed by atoms with Crippen LogP contribution in [0, 0.1) is 0 Å². The molecule has 1 aromatic heterocycles. The predicted molar refractivity (Wildman–Crippen MR) is 86.9 cm³/mol. The molecular weight excluding hydrogens is 254 g/mol. The van der Waals surface area contributed by atoms with Crippen LogP contribution in [-0.2, 0) is 6.42 Å². The highest BCUT2D eigenvalue weighted by molar-refractivity contribution is 5.94. The van der Waals surface area contributed by atoms with Crippen molar-refractivity contribution in [2.45, 2.75) is 6.42 Å². The Balaban J connectivity index is 1.96. The summed E-state index contributed by atoms with van der Waals surface area (Å²) in [5.41, 5.74) is 7.58. The van der Waals surface area contributed by atoms with Gasteiger partial charge in [0.2, 0.25) is 0 Å². The van der Waals surface area contributed by atoms with Crippen LogP contribution in [0.1, 0.15) is 27.9 Å². The van der Waals surface area contributed by atoms with E-state index in [9.17, 15) is 0 Å². The average molecular weight is 269 g/mol. The molecule has 100 valence electrons. The van der Waals surface area contributed by atoms with Crippen molar-refractivity contribution in [3.8, 4) is 0 Å². The van der Waals surface area contributed by atoms with Crippen molar-refractivity contribution in [3.63, 3.8) is 0 Å². The zero-order valence-electron chi connectivity index (χ0n) is 11.7. The fourth-order valence-corrected chi connectivity index (χ4v) is 2.96. The Labute approximate surface area is 124 Å². The Morgan fingerprint density at radius 1 is 0.762 bits per heavy atom. The minimum absolute atomic E-state index is 0.915. The van der Waals surface area contributed by atoms with E-state index in [2.05, 4.69) is 65.7 Å². The molecule has 0 amide bonds. The third-order valence-electron chi connectivity index (χ3n) is 3.96. The van der Waals surface area contributed by atoms with Crippen LogP contribution in [0.15, 0.2) is 72.9 Å². The maximum absolute atomic E-state index is 4.57. The summed E-state index contributed by atoms with van der Waals surface area (Å²) < 4.78 is 0. The number of fused-ring (bicyclic) bond motifs is 2. The Morgan fingerprint density at radius 3 is 2.43 bits per heavy atom. The molecule has 1 aliphatic carbocycles. The summed E-state index contributed by atoms with van der Waals surface area (Å²) in [6.07, 6.45) is 5.06. The van der Waals surface area contributed by atoms with E-state index < -0.39 is 0 Å². The van der Waals surface area contributed by atoms with Crippen LogP contribution in [0.25, 0.3) is 11.6 Å². The van der Waals surface area contributed by atoms with E-state index in [4.69, 9.17) is 0 Å². The molecule has 0 saturated heterocycles. The fourth-order valence-electron chi connectivity index (χ4n) is 2.96. The molecule has 2 aromatic carbocycles. The minimum atomic E-state index is 0.915. The van der Waals surface area contributed by atoms with Gasteiger partial charge < -0.3 is 0 Å². The van der Waals surface area contributed by atoms with Crippen molar-refractivity contribution >= 4 is 11.6 Å². The van der Waals surface area contributed by atoms with Gasteiger partial charge in [-0.3, -0.25) is 4.98 Å². The lowest BCUT2D eigenvalue weighted by molar-refractivity contribution is 1.04. The van der Waals surface area contributed by atoms with E-state index in [0.29, 0.717) is 0 Å². The smallest absolute Gasteiger partial charge is 0.0526 e. The summed E-state index contributed by atoms with van der Waals surface area (Å²) in [5, 5.41) is 0. The van der Waals surface area contributed by atoms with Gasteiger partial charge in [0.25, 0.3) is 0 Å². The van der Waals surface area contributed by atoms with E-state index in [-0.39, 0.29) is 0 Å². The van der Waals surface area contributed by atoms with Gasteiger partial charge in [-0.05, 0) is 34.4 Å². The maximum Gasteiger partial charge on any atom is 0.0526 e. The van der Waals surface area contributed by atoms with E-state index in [1.807, 2.05) is 18.3 Å². The molecule has 1 nitrogen and oxygen atoms in total. The van der Waals surface area contributed by atoms with Crippen LogP contribution in [0.2, 0.25) is 0 Å². The largest absolute Gasteiger partial charge is 0.260 e. The van der Waals surface area contributed by atoms with Crippen LogP contribution in [0.5, 0.6) is 0 Å². The zero-order valence-corrected chi connectivity index (χ0v) is 11.7. The molecule has 0 atom stereocenters. The zero-order chi connectivity index (χ0) is 14.1. The van der Waals surface area contributed by atoms with Gasteiger partial charge in [-0.2, -0.15) is 0 Å². The first-order valence-electron chi connectivity index (χ1n) is 7.21. The van der Waals surface area contributed by atoms with Crippen molar-refractivity contribution in [2.24, 2.45) is 0 Å². The van der Waals surface area contributed by atoms with E-state index in [0.717, 1.165) is 6.42 Å². The molecular formula is C20H15N. The maximum atomic E-state index is 4.57. The van der Waals surface area contributed by atoms with E-state index in [1.54, 1.807) is 0 Å². The van der Waals surface area contributed by atoms with Gasteiger partial charge in [0.1, 0.15) is 0 Å². The van der Waals surface area contributed by atoms with Gasteiger partial charge in [-0.25, -0.2) is 0 Å². The molecule has 0 unspecified atom stereocenters. The highest BCUT2D eigenvalue weighted by Crippen LogP contribution is 2.35. The summed E-state index contributed by atoms with van der Waals surface area (Å²) >= 11 is 0. The van der Waals surface area contributed by atoms with Gasteiger partial charge in [-0.1, -0.05) is 60.7 Å². The second kappa shape index (κ2) is 5.02. The van der Waals surface area contributed by atoms with E-state index in [1.165, 1.54) is 33.5 Å². The number of aromatic nitrogens is 1. The molecule has 0 N–H and O–H groups in total. The molecule has 0 bridgehead atoms. The van der Waals surface area contributed by atoms with Crippen LogP contribution < -0.4 is 0 Å². The van der Waals surface area contributed by atoms with Crippen LogP contribution >= 0.6 is 0 Å². The lowest BCUT2D eigenvalue weighted by atomic mass is 9.84. The number of nitrogens with zero attached hydrogens (tertiary/aromatic N) is 1. The Morgan fingerprint density at radius 2 is 1.52 bits per heavy atom. The van der Waals surface area contributed by atoms with Gasteiger partial charge in [0, 0.05) is 18.2 Å². The number of rotatable bonds is 1. The summed E-state index contributed by atoms with van der Waals surface area (Å²) in [7, 11) is 0. The highest BCUT2D eigenvalue weighted by atomic mass is 14.7. The normalized spacial score (nSPS) is 14.6. The molecule has 1 heterocycles. The second-order valence-electron chi connectivity index (χ2n) is 5.30. The molecule has 0 fully saturated rings. The third-order valence-corrected chi connectivity index (χ3v) is 3.96. The fraction of sp³-hybridized carbons (Fsp3) is 0.0500. The summed E-state index contributed by atoms with van der Waals surface area (Å²) in [4.78, 5) is 4.57. The van der Waals surface area contributed by atoms with Gasteiger partial charge >= 0.3 is 0 Å². The molecule has 1 aliphatic rings. The first kappa shape index (κ1) is 12.1. The monoisotopic (exact) mass is 269 g/mol. The molecule has 1 heteroatoms. The quantitative estimate of drug-likeness (QED) is 0.493. The Kier molecular flexibility index (Phi) is 2.89. The Hall–Kier alpha value is -2.67. The second-order valence-corrected chi connectivity index (χ2v) is 5.30. The van der Waals surface area contributed by atoms with E-state index >= 15 is 0 Å². The topological polar surface area (TPSA) is 12.9 Å². The molecule has 0 radical (unpaired) electrons. The van der Waals surface area contributed by atoms with Crippen LogP contribution in [0.4, 0.5) is 0 Å². The average Bonchev–Trinajstić information content (AvgIpc) is 2.55. The molecule has 0 spiro atoms. The van der Waals surface area contributed by atoms with Gasteiger partial charge in [-0.15, -0.1) is 0 Å². The third kappa shape index (κ3) is 2.17. The van der Waals surface area contributed by atoms with Crippen molar-refractivity contribution in [3.05, 3.63) is 101 Å². The SMILES string of the molecule is C(=C1/c2ccccc2Cc2ncccc21)/c1ccccc1. The minimum Gasteiger partial charge on any atom is -0.260 e. The molecule has 0 aliphatic heterocycles. The number of hydrogen-bond acceptors (Lipinski definition) is 1. The number of pyridine rings is 1. The lowest BCUT2D eigenvalue weighted by Gasteiger charge is -2.21. The number of hydrogen-bond donors (Lipinski definition) is 0. The van der Waals surface area contributed by atoms with Crippen molar-refractivity contribution in [1.29, 1.82) is 0 Å². The lowest BCUT2D eigenvalue weighted by Crippen LogP contribution is -2.08. The van der Waals surface area contributed by atoms with Gasteiger partial charge in [0.15, 0.2) is 0 Å². The molecule has 0 saturated carbocycles. The summed E-state index contributed by atoms with van der Waals surface area (Å²) in [6, 6.07) is 23.3. The standard InChI is InChI=1S/C20H15N/c1-2-7-15(8-3-1)13-19-17-10-5-4-9-16(17)14-20-18(19)11-6-12-21-20/h1-13H,14H2/b19-13+. The number of benzene rings is 2. The van der Waals surface area contributed by atoms with Gasteiger partial charge in [0.05, 0.1) is 5.69 Å². The molecule has 21 heavy (non-hydrogen) atoms. The Bertz CT molecular complexity index is 769. The van der Waals surface area contributed by atoms with Crippen LogP contribution in [-0.4, -0.2) is 4.98 Å². The van der Waals surface area contributed by atoms with Crippen LogP contribution in [0.3, 0.4) is 0 Å². The highest BCUT2D eigenvalue weighted by Gasteiger charge is 2.20. The van der Waals surface area contributed by atoms with Crippen molar-refractivity contribution < 1.29 is 0 Å². The summed E-state index contributed by atoms with van der Waals surface area (Å²) in [6.45, 7) is 0. The molecule has 4 rings (SSSR count). The first-order chi connectivity index (χ1) is 10.4. The first-order valence-corrected chi connectivity index (χ1v) is 7.21. The summed E-state index contributed by atoms with van der Waals surface area (Å²) in [5.74, 6) is 0. The van der Waals surface area contributed by atoms with Crippen molar-refractivity contribution in [2.75, 3.05) is 0 Å². The molecule has 3 aromatic rings.